The highest BCUT2D eigenvalue weighted by molar-refractivity contribution is 7.90. The van der Waals surface area contributed by atoms with Gasteiger partial charge in [0.05, 0.1) is 23.5 Å². The molecule has 0 saturated carbocycles. The van der Waals surface area contributed by atoms with Gasteiger partial charge in [-0.05, 0) is 42.3 Å². The second-order valence-corrected chi connectivity index (χ2v) is 8.06. The van der Waals surface area contributed by atoms with Crippen LogP contribution in [0.2, 0.25) is 0 Å². The molecule has 1 amide bonds. The third-order valence-corrected chi connectivity index (χ3v) is 5.18. The fourth-order valence-corrected chi connectivity index (χ4v) is 3.33. The van der Waals surface area contributed by atoms with E-state index in [0.29, 0.717) is 12.2 Å². The van der Waals surface area contributed by atoms with Crippen LogP contribution < -0.4 is 10.1 Å². The van der Waals surface area contributed by atoms with Crippen molar-refractivity contribution in [1.29, 1.82) is 0 Å². The van der Waals surface area contributed by atoms with Gasteiger partial charge in [-0.25, -0.2) is 13.2 Å². The zero-order chi connectivity index (χ0) is 20.2. The number of anilines is 1. The normalized spacial score (nSPS) is 12.3. The standard InChI is InChI=1S/C19H21NO6S/c1-4-17(12-5-7-15(26-2)8-6-12)18(21)20-14-9-13(19(22)23)10-16(11-14)27(3,24)25/h5-11,17H,4H2,1-3H3,(H,20,21)(H,22,23). The second-order valence-electron chi connectivity index (χ2n) is 6.05. The molecule has 2 N–H and O–H groups in total. The maximum atomic E-state index is 12.7. The predicted octanol–water partition coefficient (Wildman–Crippen LogP) is 2.93. The quantitative estimate of drug-likeness (QED) is 0.751. The lowest BCUT2D eigenvalue weighted by Crippen LogP contribution is -2.21. The van der Waals surface area contributed by atoms with Gasteiger partial charge in [0, 0.05) is 11.9 Å². The highest BCUT2D eigenvalue weighted by Gasteiger charge is 2.21. The van der Waals surface area contributed by atoms with Crippen molar-refractivity contribution in [3.63, 3.8) is 0 Å². The molecular formula is C19H21NO6S. The average Bonchev–Trinajstić information content (AvgIpc) is 2.61. The van der Waals surface area contributed by atoms with Crippen molar-refractivity contribution in [2.45, 2.75) is 24.2 Å². The van der Waals surface area contributed by atoms with Crippen LogP contribution in [0.4, 0.5) is 5.69 Å². The lowest BCUT2D eigenvalue weighted by atomic mass is 9.95. The Hall–Kier alpha value is -2.87. The van der Waals surface area contributed by atoms with Gasteiger partial charge in [-0.15, -0.1) is 0 Å². The summed E-state index contributed by atoms with van der Waals surface area (Å²) in [6.07, 6.45) is 1.49. The Morgan fingerprint density at radius 2 is 1.78 bits per heavy atom. The molecule has 0 spiro atoms. The summed E-state index contributed by atoms with van der Waals surface area (Å²) in [7, 11) is -2.08. The van der Waals surface area contributed by atoms with Crippen LogP contribution in [0.15, 0.2) is 47.4 Å². The zero-order valence-corrected chi connectivity index (χ0v) is 16.0. The van der Waals surface area contributed by atoms with Crippen molar-refractivity contribution in [2.75, 3.05) is 18.7 Å². The first-order valence-electron chi connectivity index (χ1n) is 8.19. The molecular weight excluding hydrogens is 370 g/mol. The van der Waals surface area contributed by atoms with E-state index >= 15 is 0 Å². The number of carboxylic acids is 1. The minimum atomic E-state index is -3.63. The molecule has 2 aromatic rings. The van der Waals surface area contributed by atoms with E-state index in [0.717, 1.165) is 17.9 Å². The molecule has 7 nitrogen and oxygen atoms in total. The Morgan fingerprint density at radius 3 is 2.26 bits per heavy atom. The first-order valence-corrected chi connectivity index (χ1v) is 10.1. The molecule has 144 valence electrons. The largest absolute Gasteiger partial charge is 0.497 e. The van der Waals surface area contributed by atoms with Crippen LogP contribution in [-0.4, -0.2) is 38.8 Å². The van der Waals surface area contributed by atoms with E-state index in [1.807, 2.05) is 6.92 Å². The van der Waals surface area contributed by atoms with E-state index in [-0.39, 0.29) is 22.1 Å². The Balaban J connectivity index is 2.34. The van der Waals surface area contributed by atoms with E-state index in [1.165, 1.54) is 12.1 Å². The van der Waals surface area contributed by atoms with E-state index < -0.39 is 21.7 Å². The van der Waals surface area contributed by atoms with Gasteiger partial charge in [-0.1, -0.05) is 19.1 Å². The summed E-state index contributed by atoms with van der Waals surface area (Å²) in [4.78, 5) is 23.8. The van der Waals surface area contributed by atoms with Crippen molar-refractivity contribution in [1.82, 2.24) is 0 Å². The number of carbonyl (C=O) groups is 2. The van der Waals surface area contributed by atoms with Gasteiger partial charge < -0.3 is 15.2 Å². The third-order valence-electron chi connectivity index (χ3n) is 4.09. The molecule has 0 aliphatic rings. The number of hydrogen-bond donors (Lipinski definition) is 2. The van der Waals surface area contributed by atoms with Crippen molar-refractivity contribution >= 4 is 27.4 Å². The molecule has 1 unspecified atom stereocenters. The number of benzene rings is 2. The smallest absolute Gasteiger partial charge is 0.335 e. The number of nitrogens with one attached hydrogen (secondary N) is 1. The molecule has 0 aliphatic carbocycles. The highest BCUT2D eigenvalue weighted by Crippen LogP contribution is 2.25. The van der Waals surface area contributed by atoms with Gasteiger partial charge in [0.25, 0.3) is 0 Å². The lowest BCUT2D eigenvalue weighted by molar-refractivity contribution is -0.117. The van der Waals surface area contributed by atoms with Crippen molar-refractivity contribution in [3.05, 3.63) is 53.6 Å². The van der Waals surface area contributed by atoms with Gasteiger partial charge in [0.2, 0.25) is 5.91 Å². The van der Waals surface area contributed by atoms with Crippen molar-refractivity contribution < 1.29 is 27.9 Å². The minimum absolute atomic E-state index is 0.118. The zero-order valence-electron chi connectivity index (χ0n) is 15.2. The number of methoxy groups -OCH3 is 1. The van der Waals surface area contributed by atoms with Gasteiger partial charge in [-0.2, -0.15) is 0 Å². The number of ether oxygens (including phenoxy) is 1. The summed E-state index contributed by atoms with van der Waals surface area (Å²) in [6, 6.07) is 10.6. The fourth-order valence-electron chi connectivity index (χ4n) is 2.65. The second kappa shape index (κ2) is 8.22. The maximum Gasteiger partial charge on any atom is 0.335 e. The molecule has 0 aliphatic heterocycles. The number of amides is 1. The summed E-state index contributed by atoms with van der Waals surface area (Å²) >= 11 is 0. The van der Waals surface area contributed by atoms with Crippen LogP contribution in [0, 0.1) is 0 Å². The summed E-state index contributed by atoms with van der Waals surface area (Å²) in [6.45, 7) is 1.85. The summed E-state index contributed by atoms with van der Waals surface area (Å²) < 4.78 is 28.7. The van der Waals surface area contributed by atoms with E-state index in [4.69, 9.17) is 4.74 Å². The van der Waals surface area contributed by atoms with Crippen LogP contribution in [0.5, 0.6) is 5.75 Å². The molecule has 0 saturated heterocycles. The molecule has 0 heterocycles. The molecule has 1 atom stereocenters. The third kappa shape index (κ3) is 5.07. The van der Waals surface area contributed by atoms with Crippen molar-refractivity contribution in [2.24, 2.45) is 0 Å². The number of carbonyl (C=O) groups excluding carboxylic acids is 1. The van der Waals surface area contributed by atoms with Gasteiger partial charge in [-0.3, -0.25) is 4.79 Å². The Kier molecular flexibility index (Phi) is 6.22. The Morgan fingerprint density at radius 1 is 1.15 bits per heavy atom. The highest BCUT2D eigenvalue weighted by atomic mass is 32.2. The number of sulfone groups is 1. The molecule has 0 bridgehead atoms. The summed E-state index contributed by atoms with van der Waals surface area (Å²) in [5, 5.41) is 11.8. The van der Waals surface area contributed by atoms with Crippen LogP contribution in [0.25, 0.3) is 0 Å². The topological polar surface area (TPSA) is 110 Å². The van der Waals surface area contributed by atoms with Crippen molar-refractivity contribution in [3.8, 4) is 5.75 Å². The molecule has 8 heteroatoms. The van der Waals surface area contributed by atoms with E-state index in [9.17, 15) is 23.1 Å². The number of carboxylic acid groups (broad SMARTS) is 1. The molecule has 0 radical (unpaired) electrons. The number of rotatable bonds is 7. The first-order chi connectivity index (χ1) is 12.7. The van der Waals surface area contributed by atoms with Crippen LogP contribution >= 0.6 is 0 Å². The predicted molar refractivity (Wildman–Crippen MR) is 101 cm³/mol. The molecule has 0 aromatic heterocycles. The minimum Gasteiger partial charge on any atom is -0.497 e. The molecule has 2 aromatic carbocycles. The number of aromatic carboxylic acids is 1. The SMILES string of the molecule is CCC(C(=O)Nc1cc(C(=O)O)cc(S(C)(=O)=O)c1)c1ccc(OC)cc1. The molecule has 0 fully saturated rings. The first kappa shape index (κ1) is 20.4. The fraction of sp³-hybridized carbons (Fsp3) is 0.263. The summed E-state index contributed by atoms with van der Waals surface area (Å²) in [5.41, 5.74) is 0.673. The lowest BCUT2D eigenvalue weighted by Gasteiger charge is -2.16. The molecule has 2 rings (SSSR count). The summed E-state index contributed by atoms with van der Waals surface area (Å²) in [5.74, 6) is -1.45. The Labute approximate surface area is 157 Å². The monoisotopic (exact) mass is 391 g/mol. The molecule has 27 heavy (non-hydrogen) atoms. The average molecular weight is 391 g/mol. The van der Waals surface area contributed by atoms with Crippen LogP contribution in [0.1, 0.15) is 35.2 Å². The van der Waals surface area contributed by atoms with Gasteiger partial charge >= 0.3 is 5.97 Å². The van der Waals surface area contributed by atoms with Crippen LogP contribution in [-0.2, 0) is 14.6 Å². The van der Waals surface area contributed by atoms with Crippen LogP contribution in [0.3, 0.4) is 0 Å². The van der Waals surface area contributed by atoms with Gasteiger partial charge in [0.1, 0.15) is 5.75 Å². The number of hydrogen-bond acceptors (Lipinski definition) is 5. The van der Waals surface area contributed by atoms with Gasteiger partial charge in [0.15, 0.2) is 9.84 Å². The van der Waals surface area contributed by atoms with E-state index in [1.54, 1.807) is 31.4 Å². The van der Waals surface area contributed by atoms with E-state index in [2.05, 4.69) is 5.32 Å². The maximum absolute atomic E-state index is 12.7. The Bertz CT molecular complexity index is 951.